The van der Waals surface area contributed by atoms with Gasteiger partial charge in [-0.3, -0.25) is 0 Å². The Balaban J connectivity index is 3.26. The molecule has 0 saturated carbocycles. The summed E-state index contributed by atoms with van der Waals surface area (Å²) in [6.45, 7) is 13.8. The Morgan fingerprint density at radius 1 is 1.13 bits per heavy atom. The Kier molecular flexibility index (Phi) is 3.65. The molecule has 0 aromatic heterocycles. The third-order valence-electron chi connectivity index (χ3n) is 5.17. The van der Waals surface area contributed by atoms with Gasteiger partial charge in [0.25, 0.3) is 0 Å². The molecule has 1 aliphatic rings. The molecule has 1 amide bonds. The molecule has 0 aromatic rings. The molecule has 0 unspecified atom stereocenters. The van der Waals surface area contributed by atoms with Gasteiger partial charge in [0.1, 0.15) is 0 Å². The summed E-state index contributed by atoms with van der Waals surface area (Å²) in [5.41, 5.74) is 0. The molecule has 0 aromatic carbocycles. The van der Waals surface area contributed by atoms with Crippen LogP contribution in [0.2, 0.25) is 5.54 Å². The Bertz CT molecular complexity index is 280. The summed E-state index contributed by atoms with van der Waals surface area (Å²) in [7, 11) is 0. The van der Waals surface area contributed by atoms with Crippen LogP contribution in [0.3, 0.4) is 0 Å². The standard InChI is InChI=1S/C4H5NO.2C4H9.Ca/c1-3-5-4(2)6;2*1-4(2)3;/h1,3H,2H2,(H,5,6);2*1-3H3;. The number of hydrogen-bond donors (Lipinski definition) is 1. The van der Waals surface area contributed by atoms with Gasteiger partial charge >= 0.3 is 101 Å². The Labute approximate surface area is 100 Å². The van der Waals surface area contributed by atoms with Gasteiger partial charge in [0.2, 0.25) is 0 Å². The molecule has 15 heavy (non-hydrogen) atoms. The van der Waals surface area contributed by atoms with Gasteiger partial charge in [-0.1, -0.05) is 0 Å². The summed E-state index contributed by atoms with van der Waals surface area (Å²) < 4.78 is 3.80. The van der Waals surface area contributed by atoms with Crippen LogP contribution in [0, 0.1) is 0 Å². The molecule has 0 aliphatic carbocycles. The second-order valence-electron chi connectivity index (χ2n) is 7.71. The molecule has 3 heteroatoms. The van der Waals surface area contributed by atoms with E-state index in [1.54, 1.807) is 0 Å². The molecule has 0 atom stereocenters. The van der Waals surface area contributed by atoms with Crippen molar-refractivity contribution in [1.82, 2.24) is 5.32 Å². The van der Waals surface area contributed by atoms with Crippen LogP contribution in [0.15, 0.2) is 8.37 Å². The first kappa shape index (κ1) is 13.5. The Morgan fingerprint density at radius 2 is 1.60 bits per heavy atom. The normalized spacial score (nSPS) is 21.3. The molecule has 84 valence electrons. The van der Waals surface area contributed by atoms with Crippen LogP contribution in [-0.2, 0) is 4.79 Å². The number of rotatable bonds is 0. The second kappa shape index (κ2) is 4.05. The van der Waals surface area contributed by atoms with Crippen molar-refractivity contribution in [2.24, 2.45) is 0 Å². The Morgan fingerprint density at radius 3 is 1.87 bits per heavy atom. The van der Waals surface area contributed by atoms with E-state index in [0.717, 1.165) is 2.52 Å². The number of hydrogen-bond acceptors (Lipinski definition) is 1. The SMILES string of the molecule is C[C](C)(C)[Ca]1([C](C)(C)C)[CH]=CNC(=O)[CH2]1. The van der Waals surface area contributed by atoms with Gasteiger partial charge in [0, 0.05) is 0 Å². The maximum absolute atomic E-state index is 11.7. The van der Waals surface area contributed by atoms with E-state index in [1.807, 2.05) is 6.20 Å². The van der Waals surface area contributed by atoms with Crippen LogP contribution >= 0.6 is 0 Å². The zero-order valence-electron chi connectivity index (χ0n) is 11.0. The van der Waals surface area contributed by atoms with E-state index in [2.05, 4.69) is 49.0 Å². The molecule has 1 rings (SSSR count). The first-order chi connectivity index (χ1) is 6.60. The average Bonchev–Trinajstić information content (AvgIpc) is 1.99. The average molecular weight is 237 g/mol. The van der Waals surface area contributed by atoms with Crippen LogP contribution in [0.25, 0.3) is 0 Å². The van der Waals surface area contributed by atoms with Gasteiger partial charge in [-0.15, -0.1) is 0 Å². The van der Waals surface area contributed by atoms with Crippen molar-refractivity contribution < 1.29 is 4.79 Å². The molecule has 0 saturated heterocycles. The van der Waals surface area contributed by atoms with Crippen molar-refractivity contribution in [3.63, 3.8) is 0 Å². The predicted octanol–water partition coefficient (Wildman–Crippen LogP) is 3.22. The molecule has 1 heterocycles. The molecule has 2 radical (unpaired) electrons. The minimum atomic E-state index is -2.70. The molecule has 2 nitrogen and oxygen atoms in total. The van der Waals surface area contributed by atoms with E-state index < -0.39 is 29.9 Å². The van der Waals surface area contributed by atoms with Crippen LogP contribution in [0.1, 0.15) is 41.5 Å². The fourth-order valence-corrected chi connectivity index (χ4v) is 15.9. The molecule has 1 aliphatic heterocycles. The van der Waals surface area contributed by atoms with Crippen LogP contribution in [0.4, 0.5) is 0 Å². The van der Waals surface area contributed by atoms with E-state index in [1.165, 1.54) is 0 Å². The van der Waals surface area contributed by atoms with Gasteiger partial charge in [-0.05, 0) is 0 Å². The van der Waals surface area contributed by atoms with Crippen molar-refractivity contribution in [3.05, 3.63) is 8.37 Å². The molecule has 0 bridgehead atoms. The number of carbonyl (C=O) groups is 1. The monoisotopic (exact) mass is 237 g/mol. The van der Waals surface area contributed by atoms with Crippen molar-refractivity contribution in [2.75, 3.05) is 0 Å². The number of amides is 1. The summed E-state index contributed by atoms with van der Waals surface area (Å²) in [5.74, 6) is 0.224. The molecule has 0 spiro atoms. The number of carbonyl (C=O) groups excluding carboxylic acids is 1. The summed E-state index contributed by atoms with van der Waals surface area (Å²) in [6, 6.07) is 0. The quantitative estimate of drug-likeness (QED) is 0.644. The summed E-state index contributed by atoms with van der Waals surface area (Å²) in [4.78, 5) is 11.7. The van der Waals surface area contributed by atoms with Crippen molar-refractivity contribution in [1.29, 1.82) is 0 Å². The summed E-state index contributed by atoms with van der Waals surface area (Å²) in [5, 5.41) is 2.82. The maximum atomic E-state index is 11.7. The first-order valence-electron chi connectivity index (χ1n) is 6.05. The van der Waals surface area contributed by atoms with Gasteiger partial charge in [0.05, 0.1) is 0 Å². The molecular formula is C12H23CaNO. The summed E-state index contributed by atoms with van der Waals surface area (Å²) >= 11 is -2.70. The Hall–Kier alpha value is 0.470. The van der Waals surface area contributed by atoms with E-state index in [4.69, 9.17) is 0 Å². The number of nitrogens with one attached hydrogen (secondary N) is 1. The van der Waals surface area contributed by atoms with E-state index in [-0.39, 0.29) is 5.91 Å². The topological polar surface area (TPSA) is 29.1 Å². The van der Waals surface area contributed by atoms with E-state index in [0.29, 0.717) is 3.02 Å². The molecule has 0 fully saturated rings. The molecular weight excluding hydrogens is 214 g/mol. The van der Waals surface area contributed by atoms with Gasteiger partial charge in [-0.25, -0.2) is 0 Å². The van der Waals surface area contributed by atoms with Crippen LogP contribution < -0.4 is 5.32 Å². The van der Waals surface area contributed by atoms with Crippen LogP contribution in [0.5, 0.6) is 0 Å². The fraction of sp³-hybridized carbons (Fsp3) is 0.750. The fourth-order valence-electron chi connectivity index (χ4n) is 3.91. The van der Waals surface area contributed by atoms with E-state index in [9.17, 15) is 4.79 Å². The summed E-state index contributed by atoms with van der Waals surface area (Å²) in [6.07, 6.45) is 1.91. The van der Waals surface area contributed by atoms with Crippen molar-refractivity contribution in [2.45, 2.75) is 47.1 Å². The zero-order valence-corrected chi connectivity index (χ0v) is 13.2. The minimum absolute atomic E-state index is 0.224. The first-order valence-corrected chi connectivity index (χ1v) is 11.1. The third-order valence-corrected chi connectivity index (χ3v) is 20.6. The van der Waals surface area contributed by atoms with Gasteiger partial charge in [0.15, 0.2) is 0 Å². The second-order valence-corrected chi connectivity index (χ2v) is 20.1. The van der Waals surface area contributed by atoms with Crippen LogP contribution in [-0.4, -0.2) is 35.8 Å². The van der Waals surface area contributed by atoms with Gasteiger partial charge < -0.3 is 0 Å². The molecule has 1 N–H and O–H groups in total. The van der Waals surface area contributed by atoms with Crippen molar-refractivity contribution in [3.8, 4) is 0 Å². The third kappa shape index (κ3) is 2.42. The zero-order chi connectivity index (χ0) is 11.9. The van der Waals surface area contributed by atoms with Crippen molar-refractivity contribution >= 4 is 35.8 Å². The van der Waals surface area contributed by atoms with Gasteiger partial charge in [-0.2, -0.15) is 0 Å². The van der Waals surface area contributed by atoms with E-state index >= 15 is 0 Å². The predicted molar refractivity (Wildman–Crippen MR) is 67.3 cm³/mol.